The second-order valence-corrected chi connectivity index (χ2v) is 5.82. The normalized spacial score (nSPS) is 12.0. The molecule has 2 aromatic rings. The monoisotopic (exact) mass is 357 g/mol. The van der Waals surface area contributed by atoms with Gasteiger partial charge >= 0.3 is 0 Å². The number of carbonyl (C=O) groups excluding carboxylic acids is 1. The average molecular weight is 359 g/mol. The summed E-state index contributed by atoms with van der Waals surface area (Å²) in [5.41, 5.74) is 1.56. The number of halogens is 3. The van der Waals surface area contributed by atoms with E-state index in [-0.39, 0.29) is 11.8 Å². The van der Waals surface area contributed by atoms with Crippen LogP contribution in [0.2, 0.25) is 10.0 Å². The minimum atomic E-state index is -1.01. The quantitative estimate of drug-likeness (QED) is 0.829. The van der Waals surface area contributed by atoms with Crippen molar-refractivity contribution < 1.29 is 9.90 Å². The molecule has 0 aliphatic rings. The van der Waals surface area contributed by atoms with Gasteiger partial charge in [-0.15, -0.1) is 11.6 Å². The molecular formula is C16H14Cl3NO2. The molecule has 0 fully saturated rings. The molecule has 1 atom stereocenters. The summed E-state index contributed by atoms with van der Waals surface area (Å²) >= 11 is 17.8. The van der Waals surface area contributed by atoms with E-state index in [1.807, 2.05) is 0 Å². The van der Waals surface area contributed by atoms with E-state index >= 15 is 0 Å². The molecule has 1 amide bonds. The standard InChI is InChI=1S/C16H14Cl3NO2/c1-20(15(21)9-17)14-7-6-10(18)8-12(14)16(22)11-4-2-3-5-13(11)19/h2-8,16,22H,9H2,1H3. The van der Waals surface area contributed by atoms with E-state index in [0.717, 1.165) is 0 Å². The number of aliphatic hydroxyl groups excluding tert-OH is 1. The Bertz CT molecular complexity index is 691. The molecule has 0 bridgehead atoms. The minimum absolute atomic E-state index is 0.152. The molecule has 2 aromatic carbocycles. The Morgan fingerprint density at radius 3 is 2.50 bits per heavy atom. The van der Waals surface area contributed by atoms with Gasteiger partial charge in [0, 0.05) is 33.9 Å². The van der Waals surface area contributed by atoms with E-state index in [2.05, 4.69) is 0 Å². The molecule has 0 saturated carbocycles. The molecule has 1 N–H and O–H groups in total. The van der Waals surface area contributed by atoms with Crippen molar-refractivity contribution in [3.63, 3.8) is 0 Å². The smallest absolute Gasteiger partial charge is 0.241 e. The van der Waals surface area contributed by atoms with Gasteiger partial charge in [0.15, 0.2) is 0 Å². The van der Waals surface area contributed by atoms with Crippen LogP contribution in [0, 0.1) is 0 Å². The summed E-state index contributed by atoms with van der Waals surface area (Å²) < 4.78 is 0. The van der Waals surface area contributed by atoms with Crippen LogP contribution in [-0.4, -0.2) is 23.9 Å². The van der Waals surface area contributed by atoms with Gasteiger partial charge in [-0.3, -0.25) is 4.79 Å². The summed E-state index contributed by atoms with van der Waals surface area (Å²) in [5.74, 6) is -0.433. The maximum absolute atomic E-state index is 11.8. The van der Waals surface area contributed by atoms with Crippen LogP contribution in [-0.2, 0) is 4.79 Å². The van der Waals surface area contributed by atoms with Crippen LogP contribution in [0.1, 0.15) is 17.2 Å². The Kier molecular flexibility index (Phi) is 5.70. The Morgan fingerprint density at radius 1 is 1.18 bits per heavy atom. The molecule has 0 heterocycles. The molecule has 1 unspecified atom stereocenters. The number of amides is 1. The lowest BCUT2D eigenvalue weighted by atomic mass is 9.99. The van der Waals surface area contributed by atoms with Gasteiger partial charge in [-0.2, -0.15) is 0 Å². The molecule has 22 heavy (non-hydrogen) atoms. The predicted octanol–water partition coefficient (Wildman–Crippen LogP) is 4.28. The predicted molar refractivity (Wildman–Crippen MR) is 91.1 cm³/mol. The first-order chi connectivity index (χ1) is 10.5. The van der Waals surface area contributed by atoms with Gasteiger partial charge in [-0.1, -0.05) is 41.4 Å². The molecule has 2 rings (SSSR count). The summed E-state index contributed by atoms with van der Waals surface area (Å²) in [6.45, 7) is 0. The zero-order valence-corrected chi connectivity index (χ0v) is 14.0. The van der Waals surface area contributed by atoms with Crippen molar-refractivity contribution in [3.8, 4) is 0 Å². The van der Waals surface area contributed by atoms with Crippen molar-refractivity contribution in [2.45, 2.75) is 6.10 Å². The number of carbonyl (C=O) groups is 1. The fourth-order valence-electron chi connectivity index (χ4n) is 2.14. The molecule has 3 nitrogen and oxygen atoms in total. The number of hydrogen-bond acceptors (Lipinski definition) is 2. The lowest BCUT2D eigenvalue weighted by Gasteiger charge is -2.23. The average Bonchev–Trinajstić information content (AvgIpc) is 2.53. The lowest BCUT2D eigenvalue weighted by Crippen LogP contribution is -2.28. The van der Waals surface area contributed by atoms with Crippen LogP contribution in [0.15, 0.2) is 42.5 Å². The Balaban J connectivity index is 2.52. The number of benzene rings is 2. The van der Waals surface area contributed by atoms with E-state index < -0.39 is 6.10 Å². The van der Waals surface area contributed by atoms with Crippen LogP contribution in [0.4, 0.5) is 5.69 Å². The van der Waals surface area contributed by atoms with Crippen molar-refractivity contribution in [1.82, 2.24) is 0 Å². The molecule has 0 aromatic heterocycles. The van der Waals surface area contributed by atoms with E-state index in [4.69, 9.17) is 34.8 Å². The van der Waals surface area contributed by atoms with Crippen LogP contribution in [0.3, 0.4) is 0 Å². The molecule has 0 saturated heterocycles. The first-order valence-corrected chi connectivity index (χ1v) is 7.79. The van der Waals surface area contributed by atoms with Crippen molar-refractivity contribution >= 4 is 46.4 Å². The third-order valence-corrected chi connectivity index (χ3v) is 4.14. The highest BCUT2D eigenvalue weighted by atomic mass is 35.5. The van der Waals surface area contributed by atoms with Crippen LogP contribution >= 0.6 is 34.8 Å². The van der Waals surface area contributed by atoms with Crippen molar-refractivity contribution in [2.75, 3.05) is 17.8 Å². The molecular weight excluding hydrogens is 345 g/mol. The van der Waals surface area contributed by atoms with Gasteiger partial charge in [0.1, 0.15) is 12.0 Å². The van der Waals surface area contributed by atoms with Gasteiger partial charge in [0.05, 0.1) is 0 Å². The van der Waals surface area contributed by atoms with Crippen LogP contribution in [0.5, 0.6) is 0 Å². The highest BCUT2D eigenvalue weighted by Crippen LogP contribution is 2.35. The number of nitrogens with zero attached hydrogens (tertiary/aromatic N) is 1. The number of anilines is 1. The first kappa shape index (κ1) is 17.1. The Morgan fingerprint density at radius 2 is 1.86 bits per heavy atom. The third-order valence-electron chi connectivity index (χ3n) is 3.33. The molecule has 116 valence electrons. The maximum Gasteiger partial charge on any atom is 0.241 e. The van der Waals surface area contributed by atoms with Crippen molar-refractivity contribution in [1.29, 1.82) is 0 Å². The van der Waals surface area contributed by atoms with E-state index in [9.17, 15) is 9.90 Å². The summed E-state index contributed by atoms with van der Waals surface area (Å²) in [4.78, 5) is 13.2. The Hall–Kier alpha value is -1.26. The second-order valence-electron chi connectivity index (χ2n) is 4.71. The highest BCUT2D eigenvalue weighted by Gasteiger charge is 2.21. The fraction of sp³-hybridized carbons (Fsp3) is 0.188. The fourth-order valence-corrected chi connectivity index (χ4v) is 2.74. The summed E-state index contributed by atoms with van der Waals surface area (Å²) in [7, 11) is 1.59. The zero-order valence-electron chi connectivity index (χ0n) is 11.8. The zero-order chi connectivity index (χ0) is 16.3. The molecule has 0 aliphatic carbocycles. The number of aliphatic hydroxyl groups is 1. The highest BCUT2D eigenvalue weighted by molar-refractivity contribution is 6.32. The lowest BCUT2D eigenvalue weighted by molar-refractivity contribution is -0.116. The molecule has 0 radical (unpaired) electrons. The number of alkyl halides is 1. The summed E-state index contributed by atoms with van der Waals surface area (Å²) in [6, 6.07) is 11.9. The van der Waals surface area contributed by atoms with Crippen LogP contribution in [0.25, 0.3) is 0 Å². The minimum Gasteiger partial charge on any atom is -0.384 e. The summed E-state index contributed by atoms with van der Waals surface area (Å²) in [5, 5.41) is 11.6. The second kappa shape index (κ2) is 7.34. The number of rotatable bonds is 4. The van der Waals surface area contributed by atoms with Gasteiger partial charge in [0.2, 0.25) is 5.91 Å². The van der Waals surface area contributed by atoms with Crippen molar-refractivity contribution in [2.24, 2.45) is 0 Å². The van der Waals surface area contributed by atoms with E-state index in [0.29, 0.717) is 26.9 Å². The largest absolute Gasteiger partial charge is 0.384 e. The number of hydrogen-bond donors (Lipinski definition) is 1. The SMILES string of the molecule is CN(C(=O)CCl)c1ccc(Cl)cc1C(O)c1ccccc1Cl. The molecule has 0 aliphatic heterocycles. The van der Waals surface area contributed by atoms with Gasteiger partial charge in [0.25, 0.3) is 0 Å². The third kappa shape index (κ3) is 3.55. The van der Waals surface area contributed by atoms with Gasteiger partial charge in [-0.25, -0.2) is 0 Å². The summed E-state index contributed by atoms with van der Waals surface area (Å²) in [6.07, 6.45) is -1.01. The van der Waals surface area contributed by atoms with Gasteiger partial charge in [-0.05, 0) is 24.3 Å². The maximum atomic E-state index is 11.8. The van der Waals surface area contributed by atoms with E-state index in [1.165, 1.54) is 4.90 Å². The first-order valence-electron chi connectivity index (χ1n) is 6.50. The van der Waals surface area contributed by atoms with Crippen LogP contribution < -0.4 is 4.90 Å². The molecule has 0 spiro atoms. The van der Waals surface area contributed by atoms with Gasteiger partial charge < -0.3 is 10.0 Å². The van der Waals surface area contributed by atoms with E-state index in [1.54, 1.807) is 49.5 Å². The van der Waals surface area contributed by atoms with Crippen molar-refractivity contribution in [3.05, 3.63) is 63.6 Å². The topological polar surface area (TPSA) is 40.5 Å². The molecule has 6 heteroatoms. The Labute approximate surface area is 144 Å².